The SMILES string of the molecule is Cc1ccc(CC(=O)N/N=C/c2ccccc2OCc2cccc3ccccc23)cc1C. The topological polar surface area (TPSA) is 50.7 Å². The molecule has 1 amide bonds. The Bertz CT molecular complexity index is 1270. The third-order valence-electron chi connectivity index (χ3n) is 5.51. The van der Waals surface area contributed by atoms with Gasteiger partial charge in [0.2, 0.25) is 5.91 Å². The third kappa shape index (κ3) is 5.22. The van der Waals surface area contributed by atoms with E-state index in [1.807, 2.05) is 67.6 Å². The van der Waals surface area contributed by atoms with Crippen molar-refractivity contribution >= 4 is 22.9 Å². The monoisotopic (exact) mass is 422 g/mol. The molecule has 4 rings (SSSR count). The van der Waals surface area contributed by atoms with Gasteiger partial charge in [0.1, 0.15) is 12.4 Å². The number of hydrogen-bond donors (Lipinski definition) is 1. The van der Waals surface area contributed by atoms with Crippen LogP contribution in [0.5, 0.6) is 5.75 Å². The maximum atomic E-state index is 12.3. The lowest BCUT2D eigenvalue weighted by molar-refractivity contribution is -0.120. The van der Waals surface area contributed by atoms with E-state index in [0.29, 0.717) is 12.4 Å². The fraction of sp³-hybridized carbons (Fsp3) is 0.143. The minimum atomic E-state index is -0.154. The van der Waals surface area contributed by atoms with Crippen molar-refractivity contribution in [3.05, 3.63) is 113 Å². The van der Waals surface area contributed by atoms with Crippen molar-refractivity contribution in [1.29, 1.82) is 0 Å². The fourth-order valence-electron chi connectivity index (χ4n) is 3.60. The van der Waals surface area contributed by atoms with E-state index in [1.54, 1.807) is 6.21 Å². The summed E-state index contributed by atoms with van der Waals surface area (Å²) < 4.78 is 6.10. The number of aryl methyl sites for hydroxylation is 2. The molecule has 32 heavy (non-hydrogen) atoms. The molecule has 4 aromatic rings. The summed E-state index contributed by atoms with van der Waals surface area (Å²) in [5, 5.41) is 6.51. The summed E-state index contributed by atoms with van der Waals surface area (Å²) >= 11 is 0. The molecular weight excluding hydrogens is 396 g/mol. The number of fused-ring (bicyclic) bond motifs is 1. The summed E-state index contributed by atoms with van der Waals surface area (Å²) in [6.07, 6.45) is 1.91. The average molecular weight is 423 g/mol. The molecule has 4 heteroatoms. The van der Waals surface area contributed by atoms with Crippen molar-refractivity contribution < 1.29 is 9.53 Å². The van der Waals surface area contributed by atoms with Gasteiger partial charge in [-0.1, -0.05) is 72.8 Å². The Morgan fingerprint density at radius 2 is 1.69 bits per heavy atom. The molecule has 0 fully saturated rings. The van der Waals surface area contributed by atoms with Crippen LogP contribution >= 0.6 is 0 Å². The zero-order valence-corrected chi connectivity index (χ0v) is 18.3. The van der Waals surface area contributed by atoms with Crippen LogP contribution in [0.4, 0.5) is 0 Å². The van der Waals surface area contributed by atoms with E-state index in [1.165, 1.54) is 21.9 Å². The van der Waals surface area contributed by atoms with Crippen LogP contribution in [-0.4, -0.2) is 12.1 Å². The normalized spacial score (nSPS) is 11.1. The Hall–Kier alpha value is -3.92. The molecule has 4 aromatic carbocycles. The zero-order valence-electron chi connectivity index (χ0n) is 18.3. The van der Waals surface area contributed by atoms with Gasteiger partial charge in [0, 0.05) is 5.56 Å². The molecule has 0 spiro atoms. The average Bonchev–Trinajstić information content (AvgIpc) is 2.81. The van der Waals surface area contributed by atoms with Gasteiger partial charge in [-0.2, -0.15) is 5.10 Å². The predicted octanol–water partition coefficient (Wildman–Crippen LogP) is 5.73. The number of carbonyl (C=O) groups excluding carboxylic acids is 1. The Labute approximate surface area is 188 Å². The minimum absolute atomic E-state index is 0.154. The molecule has 0 aromatic heterocycles. The van der Waals surface area contributed by atoms with Gasteiger partial charge in [-0.05, 0) is 59.0 Å². The molecular formula is C28H26N2O2. The molecule has 0 atom stereocenters. The van der Waals surface area contributed by atoms with Gasteiger partial charge < -0.3 is 4.74 Å². The lowest BCUT2D eigenvalue weighted by atomic mass is 10.0. The van der Waals surface area contributed by atoms with Crippen LogP contribution in [0.25, 0.3) is 10.8 Å². The number of hydrogen-bond acceptors (Lipinski definition) is 3. The van der Waals surface area contributed by atoms with Crippen molar-refractivity contribution in [2.24, 2.45) is 5.10 Å². The Morgan fingerprint density at radius 3 is 2.56 bits per heavy atom. The highest BCUT2D eigenvalue weighted by molar-refractivity contribution is 5.86. The number of nitrogens with one attached hydrogen (secondary N) is 1. The smallest absolute Gasteiger partial charge is 0.244 e. The lowest BCUT2D eigenvalue weighted by Gasteiger charge is -2.11. The largest absolute Gasteiger partial charge is 0.488 e. The Kier molecular flexibility index (Phi) is 6.61. The second-order valence-electron chi connectivity index (χ2n) is 7.85. The number of benzene rings is 4. The molecule has 0 aliphatic rings. The number of ether oxygens (including phenoxy) is 1. The highest BCUT2D eigenvalue weighted by Crippen LogP contribution is 2.22. The quantitative estimate of drug-likeness (QED) is 0.305. The van der Waals surface area contributed by atoms with E-state index in [2.05, 4.69) is 41.7 Å². The molecule has 160 valence electrons. The number of carbonyl (C=O) groups is 1. The van der Waals surface area contributed by atoms with Crippen molar-refractivity contribution in [2.45, 2.75) is 26.9 Å². The molecule has 4 nitrogen and oxygen atoms in total. The minimum Gasteiger partial charge on any atom is -0.488 e. The zero-order chi connectivity index (χ0) is 22.3. The van der Waals surface area contributed by atoms with E-state index in [9.17, 15) is 4.79 Å². The summed E-state index contributed by atoms with van der Waals surface area (Å²) in [6, 6.07) is 28.2. The summed E-state index contributed by atoms with van der Waals surface area (Å²) in [7, 11) is 0. The van der Waals surface area contributed by atoms with Crippen LogP contribution in [0.2, 0.25) is 0 Å². The maximum Gasteiger partial charge on any atom is 0.244 e. The van der Waals surface area contributed by atoms with E-state index < -0.39 is 0 Å². The van der Waals surface area contributed by atoms with Gasteiger partial charge in [-0.3, -0.25) is 4.79 Å². The molecule has 0 heterocycles. The summed E-state index contributed by atoms with van der Waals surface area (Å²) in [4.78, 5) is 12.3. The number of hydrazone groups is 1. The molecule has 0 saturated heterocycles. The first-order chi connectivity index (χ1) is 15.6. The van der Waals surface area contributed by atoms with Gasteiger partial charge in [-0.25, -0.2) is 5.43 Å². The highest BCUT2D eigenvalue weighted by Gasteiger charge is 2.06. The van der Waals surface area contributed by atoms with E-state index >= 15 is 0 Å². The Morgan fingerprint density at radius 1 is 0.906 bits per heavy atom. The second kappa shape index (κ2) is 9.92. The van der Waals surface area contributed by atoms with Crippen LogP contribution < -0.4 is 10.2 Å². The number of amides is 1. The van der Waals surface area contributed by atoms with Crippen LogP contribution in [-0.2, 0) is 17.8 Å². The molecule has 0 radical (unpaired) electrons. The van der Waals surface area contributed by atoms with Crippen molar-refractivity contribution in [2.75, 3.05) is 0 Å². The van der Waals surface area contributed by atoms with Crippen LogP contribution in [0, 0.1) is 13.8 Å². The molecule has 0 aliphatic heterocycles. The summed E-state index contributed by atoms with van der Waals surface area (Å²) in [6.45, 7) is 4.55. The van der Waals surface area contributed by atoms with Gasteiger partial charge in [0.15, 0.2) is 0 Å². The van der Waals surface area contributed by atoms with Gasteiger partial charge in [-0.15, -0.1) is 0 Å². The van der Waals surface area contributed by atoms with Crippen molar-refractivity contribution in [1.82, 2.24) is 5.43 Å². The molecule has 0 saturated carbocycles. The number of nitrogens with zero attached hydrogens (tertiary/aromatic N) is 1. The lowest BCUT2D eigenvalue weighted by Crippen LogP contribution is -2.19. The van der Waals surface area contributed by atoms with Crippen LogP contribution in [0.15, 0.2) is 90.0 Å². The van der Waals surface area contributed by atoms with Crippen LogP contribution in [0.3, 0.4) is 0 Å². The molecule has 1 N–H and O–H groups in total. The number of rotatable bonds is 7. The van der Waals surface area contributed by atoms with Crippen molar-refractivity contribution in [3.8, 4) is 5.75 Å². The summed E-state index contributed by atoms with van der Waals surface area (Å²) in [5.41, 5.74) is 7.90. The molecule has 0 aliphatic carbocycles. The first-order valence-electron chi connectivity index (χ1n) is 10.7. The molecule has 0 unspecified atom stereocenters. The fourth-order valence-corrected chi connectivity index (χ4v) is 3.60. The van der Waals surface area contributed by atoms with Crippen molar-refractivity contribution in [3.63, 3.8) is 0 Å². The second-order valence-corrected chi connectivity index (χ2v) is 7.85. The standard InChI is InChI=1S/C28H26N2O2/c1-20-14-15-22(16-21(20)2)17-28(31)30-29-18-24-9-4-6-13-27(24)32-19-25-11-7-10-23-8-3-5-12-26(23)25/h3-16,18H,17,19H2,1-2H3,(H,30,31)/b29-18+. The number of para-hydroxylation sites is 1. The van der Waals surface area contributed by atoms with Gasteiger partial charge >= 0.3 is 0 Å². The predicted molar refractivity (Wildman–Crippen MR) is 130 cm³/mol. The van der Waals surface area contributed by atoms with Gasteiger partial charge in [0.25, 0.3) is 0 Å². The highest BCUT2D eigenvalue weighted by atomic mass is 16.5. The van der Waals surface area contributed by atoms with Crippen LogP contribution in [0.1, 0.15) is 27.8 Å². The first kappa shape index (κ1) is 21.3. The first-order valence-corrected chi connectivity index (χ1v) is 10.7. The Balaban J connectivity index is 1.40. The third-order valence-corrected chi connectivity index (χ3v) is 5.51. The maximum absolute atomic E-state index is 12.3. The summed E-state index contributed by atoms with van der Waals surface area (Å²) in [5.74, 6) is 0.561. The van der Waals surface area contributed by atoms with E-state index in [0.717, 1.165) is 16.7 Å². The van der Waals surface area contributed by atoms with E-state index in [4.69, 9.17) is 4.74 Å². The van der Waals surface area contributed by atoms with Gasteiger partial charge in [0.05, 0.1) is 12.6 Å². The van der Waals surface area contributed by atoms with E-state index in [-0.39, 0.29) is 12.3 Å². The molecule has 0 bridgehead atoms.